The Morgan fingerprint density at radius 3 is 2.43 bits per heavy atom. The Labute approximate surface area is 85.2 Å². The predicted molar refractivity (Wildman–Crippen MR) is 59.6 cm³/mol. The molecule has 14 heavy (non-hydrogen) atoms. The molecule has 0 spiro atoms. The van der Waals surface area contributed by atoms with E-state index in [1.165, 1.54) is 0 Å². The fourth-order valence-corrected chi connectivity index (χ4v) is 1.38. The van der Waals surface area contributed by atoms with E-state index in [1.807, 2.05) is 19.2 Å². The maximum Gasteiger partial charge on any atom is 0.115 e. The van der Waals surface area contributed by atoms with E-state index < -0.39 is 0 Å². The van der Waals surface area contributed by atoms with Crippen LogP contribution in [0.15, 0.2) is 24.3 Å². The van der Waals surface area contributed by atoms with Crippen LogP contribution >= 0.6 is 0 Å². The van der Waals surface area contributed by atoms with Gasteiger partial charge in [0, 0.05) is 18.8 Å². The molecular formula is C11H18N2O. The van der Waals surface area contributed by atoms with Gasteiger partial charge in [-0.3, -0.25) is 0 Å². The van der Waals surface area contributed by atoms with E-state index >= 15 is 0 Å². The first kappa shape index (κ1) is 10.9. The molecule has 1 aromatic carbocycles. The van der Waals surface area contributed by atoms with Gasteiger partial charge >= 0.3 is 0 Å². The van der Waals surface area contributed by atoms with E-state index in [-0.39, 0.29) is 0 Å². The molecule has 78 valence electrons. The summed E-state index contributed by atoms with van der Waals surface area (Å²) in [6.45, 7) is 2.84. The lowest BCUT2D eigenvalue weighted by Gasteiger charge is -2.26. The Bertz CT molecular complexity index is 271. The normalized spacial score (nSPS) is 12.5. The van der Waals surface area contributed by atoms with Gasteiger partial charge in [0.1, 0.15) is 5.75 Å². The maximum absolute atomic E-state index is 9.14. The Balaban J connectivity index is 2.68. The fourth-order valence-electron chi connectivity index (χ4n) is 1.38. The van der Waals surface area contributed by atoms with E-state index in [2.05, 4.69) is 11.8 Å². The van der Waals surface area contributed by atoms with Gasteiger partial charge in [0.15, 0.2) is 0 Å². The molecule has 0 aliphatic carbocycles. The van der Waals surface area contributed by atoms with Crippen LogP contribution in [0.2, 0.25) is 0 Å². The summed E-state index contributed by atoms with van der Waals surface area (Å²) in [7, 11) is 2.03. The summed E-state index contributed by atoms with van der Waals surface area (Å²) in [5.74, 6) is 0.300. The zero-order chi connectivity index (χ0) is 10.6. The van der Waals surface area contributed by atoms with Crippen LogP contribution < -0.4 is 10.6 Å². The van der Waals surface area contributed by atoms with Crippen molar-refractivity contribution < 1.29 is 5.11 Å². The molecule has 0 heterocycles. The van der Waals surface area contributed by atoms with Crippen molar-refractivity contribution in [1.29, 1.82) is 0 Å². The van der Waals surface area contributed by atoms with Crippen molar-refractivity contribution in [2.75, 3.05) is 18.5 Å². The lowest BCUT2D eigenvalue weighted by molar-refractivity contribution is 0.475. The van der Waals surface area contributed by atoms with Gasteiger partial charge in [0.2, 0.25) is 0 Å². The lowest BCUT2D eigenvalue weighted by Crippen LogP contribution is -2.30. The summed E-state index contributed by atoms with van der Waals surface area (Å²) in [6.07, 6.45) is 0.970. The second kappa shape index (κ2) is 4.86. The van der Waals surface area contributed by atoms with Crippen LogP contribution in [0.4, 0.5) is 5.69 Å². The molecule has 0 fully saturated rings. The molecule has 0 aliphatic heterocycles. The summed E-state index contributed by atoms with van der Waals surface area (Å²) in [4.78, 5) is 2.16. The van der Waals surface area contributed by atoms with Gasteiger partial charge in [-0.2, -0.15) is 0 Å². The van der Waals surface area contributed by atoms with Gasteiger partial charge in [-0.05, 0) is 44.2 Å². The predicted octanol–water partition coefficient (Wildman–Crippen LogP) is 1.57. The van der Waals surface area contributed by atoms with Crippen LogP contribution in [0.3, 0.4) is 0 Å². The van der Waals surface area contributed by atoms with E-state index in [4.69, 9.17) is 10.8 Å². The minimum Gasteiger partial charge on any atom is -0.508 e. The van der Waals surface area contributed by atoms with Crippen molar-refractivity contribution in [2.45, 2.75) is 19.4 Å². The Morgan fingerprint density at radius 2 is 1.93 bits per heavy atom. The molecule has 3 N–H and O–H groups in total. The molecule has 0 radical (unpaired) electrons. The highest BCUT2D eigenvalue weighted by molar-refractivity contribution is 5.48. The molecule has 0 bridgehead atoms. The molecule has 3 heteroatoms. The number of hydrogen-bond acceptors (Lipinski definition) is 3. The number of benzene rings is 1. The molecule has 1 aromatic rings. The number of rotatable bonds is 4. The van der Waals surface area contributed by atoms with Crippen molar-refractivity contribution in [3.05, 3.63) is 24.3 Å². The van der Waals surface area contributed by atoms with Crippen LogP contribution in [-0.4, -0.2) is 24.7 Å². The highest BCUT2D eigenvalue weighted by atomic mass is 16.3. The molecule has 1 atom stereocenters. The van der Waals surface area contributed by atoms with E-state index in [9.17, 15) is 0 Å². The molecule has 0 saturated carbocycles. The number of nitrogens with two attached hydrogens (primary N) is 1. The number of aromatic hydroxyl groups is 1. The lowest BCUT2D eigenvalue weighted by atomic mass is 10.2. The fraction of sp³-hybridized carbons (Fsp3) is 0.455. The highest BCUT2D eigenvalue weighted by Crippen LogP contribution is 2.19. The Kier molecular flexibility index (Phi) is 3.77. The van der Waals surface area contributed by atoms with Gasteiger partial charge in [0.25, 0.3) is 0 Å². The van der Waals surface area contributed by atoms with Gasteiger partial charge in [-0.15, -0.1) is 0 Å². The molecule has 0 saturated heterocycles. The van der Waals surface area contributed by atoms with Gasteiger partial charge < -0.3 is 15.7 Å². The van der Waals surface area contributed by atoms with Crippen LogP contribution in [0.5, 0.6) is 5.75 Å². The van der Waals surface area contributed by atoms with Crippen molar-refractivity contribution in [1.82, 2.24) is 0 Å². The molecule has 3 nitrogen and oxygen atoms in total. The standard InChI is InChI=1S/C11H18N2O/c1-9(7-8-12)13(2)10-3-5-11(14)6-4-10/h3-6,9,14H,7-8,12H2,1-2H3. The summed E-state index contributed by atoms with van der Waals surface area (Å²) in [6, 6.07) is 7.62. The third-order valence-electron chi connectivity index (χ3n) is 2.50. The third kappa shape index (κ3) is 2.64. The number of hydrogen-bond donors (Lipinski definition) is 2. The average Bonchev–Trinajstić information content (AvgIpc) is 2.18. The first-order chi connectivity index (χ1) is 6.65. The second-order valence-corrected chi connectivity index (χ2v) is 3.55. The van der Waals surface area contributed by atoms with Crippen LogP contribution in [0.25, 0.3) is 0 Å². The number of nitrogens with zero attached hydrogens (tertiary/aromatic N) is 1. The second-order valence-electron chi connectivity index (χ2n) is 3.55. The zero-order valence-electron chi connectivity index (χ0n) is 8.77. The Morgan fingerprint density at radius 1 is 1.36 bits per heavy atom. The summed E-state index contributed by atoms with van der Waals surface area (Å²) in [5, 5.41) is 9.14. The molecule has 1 rings (SSSR count). The van der Waals surface area contributed by atoms with E-state index in [0.29, 0.717) is 18.3 Å². The molecule has 0 aromatic heterocycles. The minimum absolute atomic E-state index is 0.300. The monoisotopic (exact) mass is 194 g/mol. The summed E-state index contributed by atoms with van der Waals surface area (Å²) < 4.78 is 0. The van der Waals surface area contributed by atoms with Gasteiger partial charge in [-0.1, -0.05) is 0 Å². The third-order valence-corrected chi connectivity index (χ3v) is 2.50. The molecule has 0 aliphatic rings. The average molecular weight is 194 g/mol. The minimum atomic E-state index is 0.300. The first-order valence-electron chi connectivity index (χ1n) is 4.87. The zero-order valence-corrected chi connectivity index (χ0v) is 8.77. The van der Waals surface area contributed by atoms with Gasteiger partial charge in [-0.25, -0.2) is 0 Å². The van der Waals surface area contributed by atoms with Crippen molar-refractivity contribution in [3.63, 3.8) is 0 Å². The van der Waals surface area contributed by atoms with Crippen molar-refractivity contribution >= 4 is 5.69 Å². The number of phenols is 1. The van der Waals surface area contributed by atoms with Crippen LogP contribution in [-0.2, 0) is 0 Å². The summed E-state index contributed by atoms with van der Waals surface area (Å²) >= 11 is 0. The number of phenolic OH excluding ortho intramolecular Hbond substituents is 1. The molecule has 0 amide bonds. The molecule has 1 unspecified atom stereocenters. The molecular weight excluding hydrogens is 176 g/mol. The SMILES string of the molecule is CC(CCN)N(C)c1ccc(O)cc1. The highest BCUT2D eigenvalue weighted by Gasteiger charge is 2.08. The summed E-state index contributed by atoms with van der Waals surface area (Å²) in [5.41, 5.74) is 6.60. The quantitative estimate of drug-likeness (QED) is 0.765. The van der Waals surface area contributed by atoms with Gasteiger partial charge in [0.05, 0.1) is 0 Å². The maximum atomic E-state index is 9.14. The van der Waals surface area contributed by atoms with Crippen molar-refractivity contribution in [3.8, 4) is 5.75 Å². The van der Waals surface area contributed by atoms with E-state index in [0.717, 1.165) is 12.1 Å². The first-order valence-corrected chi connectivity index (χ1v) is 4.87. The largest absolute Gasteiger partial charge is 0.508 e. The number of anilines is 1. The van der Waals surface area contributed by atoms with Crippen LogP contribution in [0, 0.1) is 0 Å². The Hall–Kier alpha value is -1.22. The van der Waals surface area contributed by atoms with Crippen molar-refractivity contribution in [2.24, 2.45) is 5.73 Å². The smallest absolute Gasteiger partial charge is 0.115 e. The topological polar surface area (TPSA) is 49.5 Å². The van der Waals surface area contributed by atoms with Crippen LogP contribution in [0.1, 0.15) is 13.3 Å². The van der Waals surface area contributed by atoms with E-state index in [1.54, 1.807) is 12.1 Å².